The molecule has 6 heteroatoms. The summed E-state index contributed by atoms with van der Waals surface area (Å²) in [6.45, 7) is 6.03. The smallest absolute Gasteiger partial charge is 0.333 e. The molecule has 1 aliphatic heterocycles. The maximum Gasteiger partial charge on any atom is 0.333 e. The van der Waals surface area contributed by atoms with Crippen LogP contribution in [-0.2, 0) is 9.59 Å². The van der Waals surface area contributed by atoms with Crippen LogP contribution in [-0.4, -0.2) is 47.8 Å². The predicted molar refractivity (Wildman–Crippen MR) is 90.3 cm³/mol. The van der Waals surface area contributed by atoms with E-state index >= 15 is 0 Å². The van der Waals surface area contributed by atoms with Crippen molar-refractivity contribution >= 4 is 23.9 Å². The zero-order valence-electron chi connectivity index (χ0n) is 13.8. The normalized spacial score (nSPS) is 16.8. The summed E-state index contributed by atoms with van der Waals surface area (Å²) in [7, 11) is 1.37. The van der Waals surface area contributed by atoms with Gasteiger partial charge in [-0.3, -0.25) is 19.4 Å². The van der Waals surface area contributed by atoms with Gasteiger partial charge in [0.1, 0.15) is 17.9 Å². The second-order valence-electron chi connectivity index (χ2n) is 5.30. The summed E-state index contributed by atoms with van der Waals surface area (Å²) in [4.78, 5) is 39.0. The second kappa shape index (κ2) is 7.59. The van der Waals surface area contributed by atoms with Gasteiger partial charge in [0, 0.05) is 19.2 Å². The molecule has 0 bridgehead atoms. The van der Waals surface area contributed by atoms with Crippen molar-refractivity contribution < 1.29 is 19.1 Å². The molecule has 0 aromatic heterocycles. The highest BCUT2D eigenvalue weighted by Gasteiger charge is 2.39. The van der Waals surface area contributed by atoms with Gasteiger partial charge < -0.3 is 4.74 Å². The van der Waals surface area contributed by atoms with Crippen LogP contribution < -0.4 is 4.74 Å². The zero-order valence-corrected chi connectivity index (χ0v) is 13.8. The molecule has 1 heterocycles. The molecule has 24 heavy (non-hydrogen) atoms. The van der Waals surface area contributed by atoms with Gasteiger partial charge in [0.25, 0.3) is 11.8 Å². The summed E-state index contributed by atoms with van der Waals surface area (Å²) in [6.07, 6.45) is 3.69. The minimum Gasteiger partial charge on any atom is -0.489 e. The Morgan fingerprint density at radius 2 is 1.88 bits per heavy atom. The minimum atomic E-state index is -0.615. The van der Waals surface area contributed by atoms with Crippen LogP contribution in [0.5, 0.6) is 5.75 Å². The standard InChI is InChI=1S/C18H20N2O4/c1-4-10-20-17(22)14(16(21)19(3)18(20)23)12-13-8-6-7-9-15(13)24-11-5-2/h5-9,12H,2,4,10-11H2,1,3H3. The second-order valence-corrected chi connectivity index (χ2v) is 5.30. The van der Waals surface area contributed by atoms with E-state index in [4.69, 9.17) is 4.74 Å². The number of ether oxygens (including phenoxy) is 1. The molecular weight excluding hydrogens is 308 g/mol. The molecule has 0 aliphatic carbocycles. The van der Waals surface area contributed by atoms with E-state index < -0.39 is 17.8 Å². The van der Waals surface area contributed by atoms with Gasteiger partial charge in [-0.25, -0.2) is 4.79 Å². The molecule has 0 atom stereocenters. The predicted octanol–water partition coefficient (Wildman–Crippen LogP) is 2.47. The van der Waals surface area contributed by atoms with Crippen molar-refractivity contribution in [2.75, 3.05) is 20.2 Å². The number of amides is 4. The van der Waals surface area contributed by atoms with Gasteiger partial charge >= 0.3 is 6.03 Å². The van der Waals surface area contributed by atoms with Crippen molar-refractivity contribution in [1.82, 2.24) is 9.80 Å². The minimum absolute atomic E-state index is 0.0554. The van der Waals surface area contributed by atoms with Crippen LogP contribution in [0.1, 0.15) is 18.9 Å². The number of nitrogens with zero attached hydrogens (tertiary/aromatic N) is 2. The Morgan fingerprint density at radius 1 is 1.17 bits per heavy atom. The molecule has 126 valence electrons. The highest BCUT2D eigenvalue weighted by atomic mass is 16.5. The number of para-hydroxylation sites is 1. The highest BCUT2D eigenvalue weighted by Crippen LogP contribution is 2.24. The fraction of sp³-hybridized carbons (Fsp3) is 0.278. The Labute approximate surface area is 141 Å². The lowest BCUT2D eigenvalue weighted by atomic mass is 10.1. The number of imide groups is 2. The van der Waals surface area contributed by atoms with E-state index in [1.165, 1.54) is 13.1 Å². The molecular formula is C18H20N2O4. The molecule has 0 unspecified atom stereocenters. The molecule has 1 aliphatic rings. The highest BCUT2D eigenvalue weighted by molar-refractivity contribution is 6.30. The molecule has 6 nitrogen and oxygen atoms in total. The number of hydrogen-bond acceptors (Lipinski definition) is 4. The van der Waals surface area contributed by atoms with Crippen LogP contribution in [0.15, 0.2) is 42.5 Å². The average molecular weight is 328 g/mol. The van der Waals surface area contributed by atoms with Gasteiger partial charge in [-0.15, -0.1) is 0 Å². The van der Waals surface area contributed by atoms with Gasteiger partial charge in [-0.2, -0.15) is 0 Å². The third kappa shape index (κ3) is 3.37. The molecule has 1 aromatic carbocycles. The van der Waals surface area contributed by atoms with E-state index in [9.17, 15) is 14.4 Å². The summed E-state index contributed by atoms with van der Waals surface area (Å²) < 4.78 is 5.54. The molecule has 0 N–H and O–H groups in total. The maximum absolute atomic E-state index is 12.5. The Morgan fingerprint density at radius 3 is 2.54 bits per heavy atom. The Hall–Kier alpha value is -2.89. The van der Waals surface area contributed by atoms with E-state index in [0.717, 1.165) is 9.80 Å². The number of carbonyl (C=O) groups is 3. The first-order valence-corrected chi connectivity index (χ1v) is 7.69. The van der Waals surface area contributed by atoms with Gasteiger partial charge in [-0.05, 0) is 18.6 Å². The largest absolute Gasteiger partial charge is 0.489 e. The van der Waals surface area contributed by atoms with E-state index in [0.29, 0.717) is 24.3 Å². The number of hydrogen-bond donors (Lipinski definition) is 0. The Balaban J connectivity index is 2.43. The van der Waals surface area contributed by atoms with Crippen LogP contribution in [0.25, 0.3) is 6.08 Å². The molecule has 1 aromatic rings. The number of likely N-dealkylation sites (N-methyl/N-ethyl adjacent to an activating group) is 1. The van der Waals surface area contributed by atoms with E-state index in [1.807, 2.05) is 6.92 Å². The van der Waals surface area contributed by atoms with Crippen LogP contribution in [0.3, 0.4) is 0 Å². The Bertz CT molecular complexity index is 709. The third-order valence-electron chi connectivity index (χ3n) is 3.55. The van der Waals surface area contributed by atoms with E-state index in [-0.39, 0.29) is 12.1 Å². The SMILES string of the molecule is C=CCOc1ccccc1C=C1C(=O)N(C)C(=O)N(CCC)C1=O. The molecule has 4 amide bonds. The van der Waals surface area contributed by atoms with Crippen molar-refractivity contribution in [3.8, 4) is 5.75 Å². The Kier molecular flexibility index (Phi) is 5.52. The molecule has 2 rings (SSSR count). The average Bonchev–Trinajstić information content (AvgIpc) is 2.59. The van der Waals surface area contributed by atoms with Crippen molar-refractivity contribution in [2.45, 2.75) is 13.3 Å². The van der Waals surface area contributed by atoms with Crippen LogP contribution in [0, 0.1) is 0 Å². The van der Waals surface area contributed by atoms with Crippen LogP contribution in [0.2, 0.25) is 0 Å². The molecule has 0 saturated carbocycles. The zero-order chi connectivity index (χ0) is 17.7. The fourth-order valence-electron chi connectivity index (χ4n) is 2.35. The van der Waals surface area contributed by atoms with Crippen molar-refractivity contribution in [3.05, 3.63) is 48.1 Å². The van der Waals surface area contributed by atoms with Gasteiger partial charge in [0.15, 0.2) is 0 Å². The first kappa shape index (κ1) is 17.5. The van der Waals surface area contributed by atoms with E-state index in [2.05, 4.69) is 6.58 Å². The van der Waals surface area contributed by atoms with Crippen LogP contribution >= 0.6 is 0 Å². The molecule has 1 fully saturated rings. The topological polar surface area (TPSA) is 66.9 Å². The third-order valence-corrected chi connectivity index (χ3v) is 3.55. The summed E-state index contributed by atoms with van der Waals surface area (Å²) in [5.41, 5.74) is 0.537. The number of benzene rings is 1. The maximum atomic E-state index is 12.5. The van der Waals surface area contributed by atoms with Crippen LogP contribution in [0.4, 0.5) is 4.79 Å². The number of carbonyl (C=O) groups excluding carboxylic acids is 3. The van der Waals surface area contributed by atoms with Crippen molar-refractivity contribution in [2.24, 2.45) is 0 Å². The quantitative estimate of drug-likeness (QED) is 0.457. The lowest BCUT2D eigenvalue weighted by Gasteiger charge is -2.31. The molecule has 1 saturated heterocycles. The first-order valence-electron chi connectivity index (χ1n) is 7.69. The lowest BCUT2D eigenvalue weighted by Crippen LogP contribution is -2.54. The lowest BCUT2D eigenvalue weighted by molar-refractivity contribution is -0.135. The monoisotopic (exact) mass is 328 g/mol. The molecule has 0 radical (unpaired) electrons. The van der Waals surface area contributed by atoms with Gasteiger partial charge in [-0.1, -0.05) is 37.8 Å². The molecule has 0 spiro atoms. The number of urea groups is 1. The first-order chi connectivity index (χ1) is 11.5. The number of barbiturate groups is 1. The summed E-state index contributed by atoms with van der Waals surface area (Å²) in [5, 5.41) is 0. The van der Waals surface area contributed by atoms with E-state index in [1.54, 1.807) is 30.3 Å². The summed E-state index contributed by atoms with van der Waals surface area (Å²) in [6, 6.07) is 6.46. The number of rotatable bonds is 6. The summed E-state index contributed by atoms with van der Waals surface area (Å²) in [5.74, 6) is -0.661. The summed E-state index contributed by atoms with van der Waals surface area (Å²) >= 11 is 0. The van der Waals surface area contributed by atoms with Gasteiger partial charge in [0.2, 0.25) is 0 Å². The fourth-order valence-corrected chi connectivity index (χ4v) is 2.35. The van der Waals surface area contributed by atoms with Gasteiger partial charge in [0.05, 0.1) is 0 Å². The van der Waals surface area contributed by atoms with Crippen molar-refractivity contribution in [1.29, 1.82) is 0 Å². The van der Waals surface area contributed by atoms with Crippen molar-refractivity contribution in [3.63, 3.8) is 0 Å².